The third-order valence-corrected chi connectivity index (χ3v) is 3.64. The van der Waals surface area contributed by atoms with Crippen LogP contribution in [0.4, 0.5) is 5.69 Å². The molecule has 0 bridgehead atoms. The smallest absolute Gasteiger partial charge is 0.255 e. The lowest BCUT2D eigenvalue weighted by Crippen LogP contribution is -2.11. The Hall–Kier alpha value is -2.09. The monoisotopic (exact) mass is 295 g/mol. The average molecular weight is 295 g/mol. The highest BCUT2D eigenvalue weighted by Gasteiger charge is 2.09. The molecule has 0 aliphatic carbocycles. The summed E-state index contributed by atoms with van der Waals surface area (Å²) in [5.74, 6) is -0.0684. The molecule has 0 fully saturated rings. The van der Waals surface area contributed by atoms with E-state index in [1.165, 1.54) is 18.4 Å². The van der Waals surface area contributed by atoms with Gasteiger partial charge in [-0.1, -0.05) is 51.1 Å². The van der Waals surface area contributed by atoms with Crippen molar-refractivity contribution in [1.29, 1.82) is 0 Å². The van der Waals surface area contributed by atoms with E-state index in [1.807, 2.05) is 42.5 Å². The molecule has 0 heterocycles. The molecule has 2 aromatic rings. The first-order chi connectivity index (χ1) is 10.4. The zero-order chi connectivity index (χ0) is 16.0. The lowest BCUT2D eigenvalue weighted by molar-refractivity contribution is 0.102. The third-order valence-electron chi connectivity index (χ3n) is 3.64. The van der Waals surface area contributed by atoms with Crippen molar-refractivity contribution in [2.24, 2.45) is 5.41 Å². The Bertz CT molecular complexity index is 594. The van der Waals surface area contributed by atoms with E-state index in [-0.39, 0.29) is 5.91 Å². The molecule has 0 radical (unpaired) electrons. The van der Waals surface area contributed by atoms with Gasteiger partial charge in [0.15, 0.2) is 0 Å². The quantitative estimate of drug-likeness (QED) is 0.796. The van der Waals surface area contributed by atoms with Crippen molar-refractivity contribution in [2.45, 2.75) is 40.0 Å². The van der Waals surface area contributed by atoms with Crippen molar-refractivity contribution in [3.63, 3.8) is 0 Å². The van der Waals surface area contributed by atoms with Crippen molar-refractivity contribution < 1.29 is 4.79 Å². The summed E-state index contributed by atoms with van der Waals surface area (Å²) in [4.78, 5) is 12.1. The summed E-state index contributed by atoms with van der Waals surface area (Å²) >= 11 is 0. The minimum absolute atomic E-state index is 0.0684. The van der Waals surface area contributed by atoms with E-state index in [2.05, 4.69) is 38.2 Å². The molecular weight excluding hydrogens is 270 g/mol. The van der Waals surface area contributed by atoms with Crippen molar-refractivity contribution in [3.05, 3.63) is 65.7 Å². The Morgan fingerprint density at radius 2 is 1.59 bits per heavy atom. The van der Waals surface area contributed by atoms with Crippen LogP contribution in [0.1, 0.15) is 49.5 Å². The fraction of sp³-hybridized carbons (Fsp3) is 0.350. The predicted octanol–water partition coefficient (Wildman–Crippen LogP) is 5.31. The van der Waals surface area contributed by atoms with Crippen LogP contribution in [-0.4, -0.2) is 5.91 Å². The molecule has 0 aliphatic heterocycles. The van der Waals surface area contributed by atoms with Crippen LogP contribution in [-0.2, 0) is 6.42 Å². The molecule has 2 rings (SSSR count). The molecule has 22 heavy (non-hydrogen) atoms. The predicted molar refractivity (Wildman–Crippen MR) is 93.2 cm³/mol. The van der Waals surface area contributed by atoms with Gasteiger partial charge in [0, 0.05) is 11.3 Å². The van der Waals surface area contributed by atoms with Crippen molar-refractivity contribution in [2.75, 3.05) is 5.32 Å². The maximum atomic E-state index is 12.1. The number of amides is 1. The summed E-state index contributed by atoms with van der Waals surface area (Å²) in [6.07, 6.45) is 3.50. The highest BCUT2D eigenvalue weighted by Crippen LogP contribution is 2.22. The fourth-order valence-electron chi connectivity index (χ4n) is 2.37. The number of carbonyl (C=O) groups excluding carboxylic acids is 1. The first kappa shape index (κ1) is 16.3. The Balaban J connectivity index is 1.88. The normalized spacial score (nSPS) is 11.2. The van der Waals surface area contributed by atoms with E-state index in [1.54, 1.807) is 0 Å². The van der Waals surface area contributed by atoms with Crippen LogP contribution in [0.5, 0.6) is 0 Å². The van der Waals surface area contributed by atoms with Gasteiger partial charge >= 0.3 is 0 Å². The standard InChI is InChI=1S/C20H25NO/c1-20(2,3)15-7-8-16-11-13-18(14-12-16)21-19(22)17-9-5-4-6-10-17/h4-6,9-14H,7-8,15H2,1-3H3,(H,21,22). The van der Waals surface area contributed by atoms with Crippen LogP contribution in [0, 0.1) is 5.41 Å². The van der Waals surface area contributed by atoms with Crippen LogP contribution >= 0.6 is 0 Å². The molecule has 0 saturated carbocycles. The van der Waals surface area contributed by atoms with Gasteiger partial charge in [-0.25, -0.2) is 0 Å². The zero-order valence-electron chi connectivity index (χ0n) is 13.7. The van der Waals surface area contributed by atoms with Crippen LogP contribution in [0.3, 0.4) is 0 Å². The van der Waals surface area contributed by atoms with Crippen molar-refractivity contribution in [3.8, 4) is 0 Å². The molecule has 2 heteroatoms. The van der Waals surface area contributed by atoms with Crippen LogP contribution in [0.15, 0.2) is 54.6 Å². The molecule has 0 unspecified atom stereocenters. The summed E-state index contributed by atoms with van der Waals surface area (Å²) in [6.45, 7) is 6.82. The maximum absolute atomic E-state index is 12.1. The summed E-state index contributed by atoms with van der Waals surface area (Å²) in [5, 5.41) is 2.93. The Kier molecular flexibility index (Phi) is 5.37. The minimum atomic E-state index is -0.0684. The molecule has 0 aliphatic rings. The molecule has 2 aromatic carbocycles. The third kappa shape index (κ3) is 5.36. The van der Waals surface area contributed by atoms with Crippen LogP contribution in [0.2, 0.25) is 0 Å². The van der Waals surface area contributed by atoms with Gasteiger partial charge in [0.2, 0.25) is 0 Å². The lowest BCUT2D eigenvalue weighted by Gasteiger charge is -2.17. The average Bonchev–Trinajstić information content (AvgIpc) is 2.49. The summed E-state index contributed by atoms with van der Waals surface area (Å²) < 4.78 is 0. The molecular formula is C20H25NO. The van der Waals surface area contributed by atoms with Gasteiger partial charge in [-0.15, -0.1) is 0 Å². The number of hydrogen-bond acceptors (Lipinski definition) is 1. The largest absolute Gasteiger partial charge is 0.322 e. The fourth-order valence-corrected chi connectivity index (χ4v) is 2.37. The van der Waals surface area contributed by atoms with Gasteiger partial charge in [-0.05, 0) is 54.5 Å². The molecule has 0 aromatic heterocycles. The van der Waals surface area contributed by atoms with Crippen LogP contribution in [0.25, 0.3) is 0 Å². The van der Waals surface area contributed by atoms with Gasteiger partial charge in [0.25, 0.3) is 5.91 Å². The van der Waals surface area contributed by atoms with Gasteiger partial charge in [0.05, 0.1) is 0 Å². The second kappa shape index (κ2) is 7.26. The Morgan fingerprint density at radius 3 is 2.18 bits per heavy atom. The first-order valence-corrected chi connectivity index (χ1v) is 7.89. The van der Waals surface area contributed by atoms with E-state index in [0.717, 1.165) is 12.1 Å². The number of benzene rings is 2. The van der Waals surface area contributed by atoms with E-state index in [0.29, 0.717) is 11.0 Å². The molecule has 2 nitrogen and oxygen atoms in total. The van der Waals surface area contributed by atoms with Gasteiger partial charge in [-0.2, -0.15) is 0 Å². The second-order valence-electron chi connectivity index (χ2n) is 6.93. The van der Waals surface area contributed by atoms with Gasteiger partial charge in [-0.3, -0.25) is 4.79 Å². The minimum Gasteiger partial charge on any atom is -0.322 e. The molecule has 1 amide bonds. The molecule has 0 spiro atoms. The zero-order valence-corrected chi connectivity index (χ0v) is 13.7. The number of aryl methyl sites for hydroxylation is 1. The summed E-state index contributed by atoms with van der Waals surface area (Å²) in [7, 11) is 0. The number of carbonyl (C=O) groups is 1. The second-order valence-corrected chi connectivity index (χ2v) is 6.93. The molecule has 116 valence electrons. The molecule has 0 saturated heterocycles. The van der Waals surface area contributed by atoms with Gasteiger partial charge < -0.3 is 5.32 Å². The maximum Gasteiger partial charge on any atom is 0.255 e. The molecule has 1 N–H and O–H groups in total. The van der Waals surface area contributed by atoms with E-state index >= 15 is 0 Å². The van der Waals surface area contributed by atoms with E-state index < -0.39 is 0 Å². The highest BCUT2D eigenvalue weighted by atomic mass is 16.1. The number of rotatable bonds is 5. The molecule has 0 atom stereocenters. The Morgan fingerprint density at radius 1 is 0.955 bits per heavy atom. The van der Waals surface area contributed by atoms with Crippen molar-refractivity contribution >= 4 is 11.6 Å². The number of hydrogen-bond donors (Lipinski definition) is 1. The van der Waals surface area contributed by atoms with Crippen molar-refractivity contribution in [1.82, 2.24) is 0 Å². The van der Waals surface area contributed by atoms with Crippen LogP contribution < -0.4 is 5.32 Å². The SMILES string of the molecule is CC(C)(C)CCCc1ccc(NC(=O)c2ccccc2)cc1. The number of nitrogens with one attached hydrogen (secondary N) is 1. The number of anilines is 1. The Labute approximate surface area is 133 Å². The van der Waals surface area contributed by atoms with Gasteiger partial charge in [0.1, 0.15) is 0 Å². The van der Waals surface area contributed by atoms with E-state index in [9.17, 15) is 4.79 Å². The highest BCUT2D eigenvalue weighted by molar-refractivity contribution is 6.04. The summed E-state index contributed by atoms with van der Waals surface area (Å²) in [5.41, 5.74) is 3.23. The first-order valence-electron chi connectivity index (χ1n) is 7.89. The van der Waals surface area contributed by atoms with E-state index in [4.69, 9.17) is 0 Å². The lowest BCUT2D eigenvalue weighted by atomic mass is 9.89. The topological polar surface area (TPSA) is 29.1 Å². The summed E-state index contributed by atoms with van der Waals surface area (Å²) in [6, 6.07) is 17.4.